The Balaban J connectivity index is 2.38. The number of aromatic nitrogens is 1. The number of nitriles is 1. The Kier molecular flexibility index (Phi) is 4.42. The maximum Gasteiger partial charge on any atom is 0.237 e. The molecule has 0 aliphatic carbocycles. The van der Waals surface area contributed by atoms with Crippen molar-refractivity contribution in [3.05, 3.63) is 24.0 Å². The second kappa shape index (κ2) is 5.86. The molecule has 1 rings (SSSR count). The van der Waals surface area contributed by atoms with E-state index in [4.69, 9.17) is 5.26 Å². The molecule has 1 aromatic heterocycles. The summed E-state index contributed by atoms with van der Waals surface area (Å²) in [6, 6.07) is 3.90. The van der Waals surface area contributed by atoms with Crippen LogP contribution >= 0.6 is 0 Å². The van der Waals surface area contributed by atoms with Gasteiger partial charge in [-0.15, -0.1) is 0 Å². The van der Waals surface area contributed by atoms with Crippen LogP contribution in [0.2, 0.25) is 0 Å². The maximum atomic E-state index is 11.5. The molecular weight excluding hydrogens is 190 g/mol. The molecule has 0 saturated heterocycles. The molecule has 4 nitrogen and oxygen atoms in total. The van der Waals surface area contributed by atoms with E-state index in [0.29, 0.717) is 13.0 Å². The summed E-state index contributed by atoms with van der Waals surface area (Å²) in [5.74, 6) is -0.700. The minimum atomic E-state index is -0.519. The predicted molar refractivity (Wildman–Crippen MR) is 56.7 cm³/mol. The van der Waals surface area contributed by atoms with Crippen LogP contribution in [-0.2, 0) is 11.3 Å². The highest BCUT2D eigenvalue weighted by Crippen LogP contribution is 2.05. The zero-order chi connectivity index (χ0) is 11.1. The van der Waals surface area contributed by atoms with E-state index in [1.165, 1.54) is 0 Å². The summed E-state index contributed by atoms with van der Waals surface area (Å²) in [5, 5.41) is 11.5. The van der Waals surface area contributed by atoms with Crippen LogP contribution in [-0.4, -0.2) is 10.9 Å². The molecule has 0 spiro atoms. The lowest BCUT2D eigenvalue weighted by atomic mass is 10.1. The quantitative estimate of drug-likeness (QED) is 0.766. The van der Waals surface area contributed by atoms with Crippen LogP contribution in [0.15, 0.2) is 18.5 Å². The SMILES string of the molecule is CCCC(C#N)C(=O)NCc1cc[nH]c1. The van der Waals surface area contributed by atoms with Crippen molar-refractivity contribution < 1.29 is 4.79 Å². The maximum absolute atomic E-state index is 11.5. The fourth-order valence-electron chi connectivity index (χ4n) is 1.32. The minimum Gasteiger partial charge on any atom is -0.367 e. The number of nitrogens with one attached hydrogen (secondary N) is 2. The lowest BCUT2D eigenvalue weighted by molar-refractivity contribution is -0.123. The Hall–Kier alpha value is -1.76. The third kappa shape index (κ3) is 3.47. The van der Waals surface area contributed by atoms with Crippen molar-refractivity contribution in [2.75, 3.05) is 0 Å². The first-order valence-electron chi connectivity index (χ1n) is 5.07. The molecule has 4 heteroatoms. The number of amides is 1. The number of aromatic amines is 1. The molecule has 0 fully saturated rings. The van der Waals surface area contributed by atoms with Gasteiger partial charge in [0.05, 0.1) is 6.07 Å². The molecule has 1 aromatic rings. The fraction of sp³-hybridized carbons (Fsp3) is 0.455. The summed E-state index contributed by atoms with van der Waals surface area (Å²) in [6.07, 6.45) is 5.09. The van der Waals surface area contributed by atoms with E-state index < -0.39 is 5.92 Å². The van der Waals surface area contributed by atoms with Crippen molar-refractivity contribution in [2.45, 2.75) is 26.3 Å². The highest BCUT2D eigenvalue weighted by atomic mass is 16.1. The van der Waals surface area contributed by atoms with Gasteiger partial charge in [-0.25, -0.2) is 0 Å². The zero-order valence-electron chi connectivity index (χ0n) is 8.79. The fourth-order valence-corrected chi connectivity index (χ4v) is 1.32. The summed E-state index contributed by atoms with van der Waals surface area (Å²) in [7, 11) is 0. The smallest absolute Gasteiger partial charge is 0.237 e. The number of hydrogen-bond acceptors (Lipinski definition) is 2. The van der Waals surface area contributed by atoms with E-state index in [2.05, 4.69) is 10.3 Å². The molecule has 15 heavy (non-hydrogen) atoms. The average Bonchev–Trinajstić information content (AvgIpc) is 2.75. The third-order valence-electron chi connectivity index (χ3n) is 2.18. The number of rotatable bonds is 5. The summed E-state index contributed by atoms with van der Waals surface area (Å²) in [5.41, 5.74) is 1.01. The normalized spacial score (nSPS) is 11.7. The van der Waals surface area contributed by atoms with Gasteiger partial charge in [-0.3, -0.25) is 4.79 Å². The van der Waals surface area contributed by atoms with Crippen LogP contribution in [0.3, 0.4) is 0 Å². The second-order valence-corrected chi connectivity index (χ2v) is 3.41. The van der Waals surface area contributed by atoms with E-state index >= 15 is 0 Å². The van der Waals surface area contributed by atoms with Crippen LogP contribution in [0.1, 0.15) is 25.3 Å². The molecule has 0 bridgehead atoms. The predicted octanol–water partition coefficient (Wildman–Crippen LogP) is 1.57. The summed E-state index contributed by atoms with van der Waals surface area (Å²) < 4.78 is 0. The Morgan fingerprint density at radius 2 is 2.53 bits per heavy atom. The highest BCUT2D eigenvalue weighted by molar-refractivity contribution is 5.80. The van der Waals surface area contributed by atoms with E-state index in [1.54, 1.807) is 6.20 Å². The average molecular weight is 205 g/mol. The molecule has 1 atom stereocenters. The number of carbonyl (C=O) groups excluding carboxylic acids is 1. The first-order valence-corrected chi connectivity index (χ1v) is 5.07. The van der Waals surface area contributed by atoms with E-state index in [1.807, 2.05) is 25.3 Å². The summed E-state index contributed by atoms with van der Waals surface area (Å²) >= 11 is 0. The molecule has 0 aliphatic rings. The lowest BCUT2D eigenvalue weighted by Crippen LogP contribution is -2.29. The van der Waals surface area contributed by atoms with Gasteiger partial charge in [0.25, 0.3) is 0 Å². The van der Waals surface area contributed by atoms with Gasteiger partial charge in [0.1, 0.15) is 5.92 Å². The molecule has 80 valence electrons. The standard InChI is InChI=1S/C11H15N3O/c1-2-3-10(6-12)11(15)14-8-9-4-5-13-7-9/h4-5,7,10,13H,2-3,8H2,1H3,(H,14,15). The molecular formula is C11H15N3O. The van der Waals surface area contributed by atoms with E-state index in [9.17, 15) is 4.79 Å². The van der Waals surface area contributed by atoms with Gasteiger partial charge >= 0.3 is 0 Å². The van der Waals surface area contributed by atoms with Crippen LogP contribution in [0, 0.1) is 17.2 Å². The monoisotopic (exact) mass is 205 g/mol. The number of hydrogen-bond donors (Lipinski definition) is 2. The van der Waals surface area contributed by atoms with Gasteiger partial charge in [-0.05, 0) is 18.1 Å². The van der Waals surface area contributed by atoms with E-state index in [0.717, 1.165) is 12.0 Å². The van der Waals surface area contributed by atoms with Crippen molar-refractivity contribution in [1.29, 1.82) is 5.26 Å². The van der Waals surface area contributed by atoms with Crippen molar-refractivity contribution in [3.63, 3.8) is 0 Å². The largest absolute Gasteiger partial charge is 0.367 e. The van der Waals surface area contributed by atoms with Gasteiger partial charge in [0, 0.05) is 18.9 Å². The van der Waals surface area contributed by atoms with Gasteiger partial charge < -0.3 is 10.3 Å². The topological polar surface area (TPSA) is 68.7 Å². The lowest BCUT2D eigenvalue weighted by Gasteiger charge is -2.07. The Labute approximate surface area is 89.3 Å². The number of carbonyl (C=O) groups is 1. The Morgan fingerprint density at radius 3 is 3.07 bits per heavy atom. The Bertz CT molecular complexity index is 337. The third-order valence-corrected chi connectivity index (χ3v) is 2.18. The Morgan fingerprint density at radius 1 is 1.73 bits per heavy atom. The molecule has 1 heterocycles. The van der Waals surface area contributed by atoms with Crippen LogP contribution < -0.4 is 5.32 Å². The first kappa shape index (κ1) is 11.3. The van der Waals surface area contributed by atoms with Crippen molar-refractivity contribution in [3.8, 4) is 6.07 Å². The summed E-state index contributed by atoms with van der Waals surface area (Å²) in [6.45, 7) is 2.44. The van der Waals surface area contributed by atoms with Crippen molar-refractivity contribution in [1.82, 2.24) is 10.3 Å². The van der Waals surface area contributed by atoms with Gasteiger partial charge in [0.2, 0.25) is 5.91 Å². The van der Waals surface area contributed by atoms with Crippen molar-refractivity contribution in [2.24, 2.45) is 5.92 Å². The number of nitrogens with zero attached hydrogens (tertiary/aromatic N) is 1. The van der Waals surface area contributed by atoms with Crippen LogP contribution in [0.4, 0.5) is 0 Å². The molecule has 1 unspecified atom stereocenters. The molecule has 0 radical (unpaired) electrons. The number of H-pyrrole nitrogens is 1. The molecule has 1 amide bonds. The van der Waals surface area contributed by atoms with Gasteiger partial charge in [0.15, 0.2) is 0 Å². The minimum absolute atomic E-state index is 0.180. The van der Waals surface area contributed by atoms with Crippen molar-refractivity contribution >= 4 is 5.91 Å². The van der Waals surface area contributed by atoms with Crippen LogP contribution in [0.25, 0.3) is 0 Å². The highest BCUT2D eigenvalue weighted by Gasteiger charge is 2.15. The first-order chi connectivity index (χ1) is 7.27. The molecule has 2 N–H and O–H groups in total. The van der Waals surface area contributed by atoms with Crippen LogP contribution in [0.5, 0.6) is 0 Å². The van der Waals surface area contributed by atoms with Gasteiger partial charge in [-0.2, -0.15) is 5.26 Å². The molecule has 0 aromatic carbocycles. The molecule has 0 aliphatic heterocycles. The van der Waals surface area contributed by atoms with E-state index in [-0.39, 0.29) is 5.91 Å². The zero-order valence-corrected chi connectivity index (χ0v) is 8.79. The molecule has 0 saturated carbocycles. The summed E-state index contributed by atoms with van der Waals surface area (Å²) in [4.78, 5) is 14.4. The van der Waals surface area contributed by atoms with Gasteiger partial charge in [-0.1, -0.05) is 13.3 Å². The second-order valence-electron chi connectivity index (χ2n) is 3.41.